The zero-order chi connectivity index (χ0) is 23.3. The highest BCUT2D eigenvalue weighted by Gasteiger charge is 2.46. The molecule has 7 heteroatoms. The summed E-state index contributed by atoms with van der Waals surface area (Å²) in [7, 11) is 0. The Balaban J connectivity index is 1.86. The van der Waals surface area contributed by atoms with Crippen molar-refractivity contribution in [2.45, 2.75) is 52.8 Å². The molecule has 1 aliphatic rings. The summed E-state index contributed by atoms with van der Waals surface area (Å²) < 4.78 is 5.67. The van der Waals surface area contributed by atoms with Crippen molar-refractivity contribution in [1.82, 2.24) is 10.2 Å². The lowest BCUT2D eigenvalue weighted by molar-refractivity contribution is -0.126. The molecule has 1 aliphatic heterocycles. The van der Waals surface area contributed by atoms with Crippen LogP contribution in [0.5, 0.6) is 0 Å². The van der Waals surface area contributed by atoms with Gasteiger partial charge in [-0.3, -0.25) is 14.5 Å². The first-order chi connectivity index (χ1) is 15.3. The molecule has 0 spiro atoms. The minimum atomic E-state index is -0.814. The fraction of sp³-hybridized carbons (Fsp3) is 0.400. The number of anilines is 1. The summed E-state index contributed by atoms with van der Waals surface area (Å²) in [5.74, 6) is -0.113. The second-order valence-electron chi connectivity index (χ2n) is 8.53. The molecule has 32 heavy (non-hydrogen) atoms. The molecular weight excluding hydrogens is 406 g/mol. The molecule has 1 heterocycles. The zero-order valence-corrected chi connectivity index (χ0v) is 19.1. The van der Waals surface area contributed by atoms with E-state index in [0.29, 0.717) is 24.2 Å². The second kappa shape index (κ2) is 10.3. The molecule has 2 aromatic carbocycles. The SMILES string of the molecule is CCNC(=O)[C@H]1[C@@H](c2cccc(NC(=O)CC(C)C)c2)OC(=O)N1Cc1ccc(C)cc1. The third-order valence-corrected chi connectivity index (χ3v) is 5.27. The monoisotopic (exact) mass is 437 g/mol. The van der Waals surface area contributed by atoms with Crippen molar-refractivity contribution in [2.24, 2.45) is 5.92 Å². The number of cyclic esters (lactones) is 1. The van der Waals surface area contributed by atoms with Gasteiger partial charge in [0.15, 0.2) is 12.1 Å². The minimum absolute atomic E-state index is 0.0816. The van der Waals surface area contributed by atoms with Gasteiger partial charge in [0.2, 0.25) is 11.8 Å². The summed E-state index contributed by atoms with van der Waals surface area (Å²) in [5, 5.41) is 5.70. The Morgan fingerprint density at radius 3 is 2.50 bits per heavy atom. The number of amides is 3. The van der Waals surface area contributed by atoms with Crippen LogP contribution in [-0.2, 0) is 20.9 Å². The molecule has 0 radical (unpaired) electrons. The number of nitrogens with zero attached hydrogens (tertiary/aromatic N) is 1. The predicted molar refractivity (Wildman–Crippen MR) is 123 cm³/mol. The first-order valence-electron chi connectivity index (χ1n) is 11.0. The molecule has 7 nitrogen and oxygen atoms in total. The molecule has 3 rings (SSSR count). The fourth-order valence-corrected chi connectivity index (χ4v) is 3.76. The Morgan fingerprint density at radius 2 is 1.84 bits per heavy atom. The molecular formula is C25H31N3O4. The van der Waals surface area contributed by atoms with E-state index in [2.05, 4.69) is 10.6 Å². The van der Waals surface area contributed by atoms with E-state index < -0.39 is 18.2 Å². The van der Waals surface area contributed by atoms with Crippen molar-refractivity contribution in [3.05, 3.63) is 65.2 Å². The smallest absolute Gasteiger partial charge is 0.411 e. The summed E-state index contributed by atoms with van der Waals surface area (Å²) in [6, 6.07) is 14.1. The van der Waals surface area contributed by atoms with Crippen molar-refractivity contribution in [2.75, 3.05) is 11.9 Å². The molecule has 2 aromatic rings. The van der Waals surface area contributed by atoms with Crippen molar-refractivity contribution in [3.63, 3.8) is 0 Å². The number of hydrogen-bond donors (Lipinski definition) is 2. The number of likely N-dealkylation sites (N-methyl/N-ethyl adjacent to an activating group) is 1. The van der Waals surface area contributed by atoms with Gasteiger partial charge >= 0.3 is 6.09 Å². The van der Waals surface area contributed by atoms with E-state index in [1.807, 2.05) is 52.0 Å². The maximum Gasteiger partial charge on any atom is 0.411 e. The molecule has 0 aromatic heterocycles. The molecule has 1 saturated heterocycles. The summed E-state index contributed by atoms with van der Waals surface area (Å²) in [6.45, 7) is 8.50. The Labute approximate surface area is 189 Å². The van der Waals surface area contributed by atoms with Gasteiger partial charge in [0.05, 0.1) is 6.54 Å². The first kappa shape index (κ1) is 23.3. The van der Waals surface area contributed by atoms with E-state index in [1.165, 1.54) is 4.90 Å². The molecule has 2 N–H and O–H groups in total. The van der Waals surface area contributed by atoms with Gasteiger partial charge in [-0.1, -0.05) is 55.8 Å². The Morgan fingerprint density at radius 1 is 1.12 bits per heavy atom. The number of carbonyl (C=O) groups excluding carboxylic acids is 3. The van der Waals surface area contributed by atoms with E-state index in [0.717, 1.165) is 11.1 Å². The van der Waals surface area contributed by atoms with Gasteiger partial charge in [-0.05, 0) is 43.0 Å². The second-order valence-corrected chi connectivity index (χ2v) is 8.53. The molecule has 0 aliphatic carbocycles. The molecule has 0 saturated carbocycles. The van der Waals surface area contributed by atoms with Crippen LogP contribution in [0.1, 0.15) is 50.0 Å². The van der Waals surface area contributed by atoms with Crippen LogP contribution in [-0.4, -0.2) is 35.4 Å². The lowest BCUT2D eigenvalue weighted by atomic mass is 10.00. The first-order valence-corrected chi connectivity index (χ1v) is 11.0. The van der Waals surface area contributed by atoms with Crippen LogP contribution in [0, 0.1) is 12.8 Å². The molecule has 3 amide bonds. The van der Waals surface area contributed by atoms with Crippen LogP contribution < -0.4 is 10.6 Å². The lowest BCUT2D eigenvalue weighted by Crippen LogP contribution is -2.46. The largest absolute Gasteiger partial charge is 0.438 e. The molecule has 2 atom stereocenters. The molecule has 0 unspecified atom stereocenters. The highest BCUT2D eigenvalue weighted by Crippen LogP contribution is 2.35. The number of nitrogens with one attached hydrogen (secondary N) is 2. The Kier molecular flexibility index (Phi) is 7.51. The fourth-order valence-electron chi connectivity index (χ4n) is 3.76. The zero-order valence-electron chi connectivity index (χ0n) is 19.1. The Hall–Kier alpha value is -3.35. The maximum absolute atomic E-state index is 13.0. The van der Waals surface area contributed by atoms with Crippen molar-refractivity contribution < 1.29 is 19.1 Å². The molecule has 0 bridgehead atoms. The predicted octanol–water partition coefficient (Wildman–Crippen LogP) is 4.18. The van der Waals surface area contributed by atoms with E-state index in [1.54, 1.807) is 24.3 Å². The third-order valence-electron chi connectivity index (χ3n) is 5.27. The van der Waals surface area contributed by atoms with E-state index in [4.69, 9.17) is 4.74 Å². The summed E-state index contributed by atoms with van der Waals surface area (Å²) >= 11 is 0. The van der Waals surface area contributed by atoms with Crippen LogP contribution >= 0.6 is 0 Å². The van der Waals surface area contributed by atoms with Crippen molar-refractivity contribution in [1.29, 1.82) is 0 Å². The van der Waals surface area contributed by atoms with E-state index >= 15 is 0 Å². The van der Waals surface area contributed by atoms with E-state index in [-0.39, 0.29) is 24.3 Å². The van der Waals surface area contributed by atoms with Gasteiger partial charge in [0.25, 0.3) is 0 Å². The third kappa shape index (κ3) is 5.66. The van der Waals surface area contributed by atoms with Gasteiger partial charge in [-0.15, -0.1) is 0 Å². The number of hydrogen-bond acceptors (Lipinski definition) is 4. The van der Waals surface area contributed by atoms with Gasteiger partial charge in [0, 0.05) is 18.7 Å². The van der Waals surface area contributed by atoms with Crippen molar-refractivity contribution in [3.8, 4) is 0 Å². The van der Waals surface area contributed by atoms with Crippen LogP contribution in [0.3, 0.4) is 0 Å². The highest BCUT2D eigenvalue weighted by molar-refractivity contribution is 5.91. The van der Waals surface area contributed by atoms with Crippen LogP contribution in [0.2, 0.25) is 0 Å². The van der Waals surface area contributed by atoms with Crippen LogP contribution in [0.4, 0.5) is 10.5 Å². The average molecular weight is 438 g/mol. The summed E-state index contributed by atoms with van der Waals surface area (Å²) in [5.41, 5.74) is 3.30. The number of carbonyl (C=O) groups is 3. The van der Waals surface area contributed by atoms with E-state index in [9.17, 15) is 14.4 Å². The quantitative estimate of drug-likeness (QED) is 0.649. The molecule has 170 valence electrons. The minimum Gasteiger partial charge on any atom is -0.438 e. The summed E-state index contributed by atoms with van der Waals surface area (Å²) in [4.78, 5) is 39.4. The number of rotatable bonds is 8. The standard InChI is InChI=1S/C25H31N3O4/c1-5-26-24(30)22-23(19-7-6-8-20(14-19)27-21(29)13-16(2)3)32-25(31)28(22)15-18-11-9-17(4)10-12-18/h6-12,14,16,22-23H,5,13,15H2,1-4H3,(H,26,30)(H,27,29)/t22-,23-/m1/s1. The topological polar surface area (TPSA) is 87.7 Å². The van der Waals surface area contributed by atoms with Gasteiger partial charge in [0.1, 0.15) is 0 Å². The number of benzene rings is 2. The van der Waals surface area contributed by atoms with Gasteiger partial charge in [-0.25, -0.2) is 4.79 Å². The number of aryl methyl sites for hydroxylation is 1. The maximum atomic E-state index is 13.0. The van der Waals surface area contributed by atoms with Crippen molar-refractivity contribution >= 4 is 23.6 Å². The summed E-state index contributed by atoms with van der Waals surface area (Å²) in [6.07, 6.45) is -0.906. The Bertz CT molecular complexity index is 971. The van der Waals surface area contributed by atoms with Gasteiger partial charge in [-0.2, -0.15) is 0 Å². The van der Waals surface area contributed by atoms with Gasteiger partial charge < -0.3 is 15.4 Å². The van der Waals surface area contributed by atoms with Crippen LogP contribution in [0.25, 0.3) is 0 Å². The van der Waals surface area contributed by atoms with Crippen LogP contribution in [0.15, 0.2) is 48.5 Å². The lowest BCUT2D eigenvalue weighted by Gasteiger charge is -2.24. The molecule has 1 fully saturated rings. The number of ether oxygens (including phenoxy) is 1. The highest BCUT2D eigenvalue weighted by atomic mass is 16.6. The average Bonchev–Trinajstić information content (AvgIpc) is 3.05. The normalized spacial score (nSPS) is 17.9.